The first-order valence-corrected chi connectivity index (χ1v) is 10.9. The second-order valence-corrected chi connectivity index (χ2v) is 8.89. The standard InChI is InChI=1S/C19H18Br2IN3O3/c1-11-7-17(16(21)9-15(11)20)28-10-19(27)25-24-12(2)8-18(26)23-14-5-3-13(22)4-6-14/h3-7,9H,8,10H2,1-2H3,(H,23,26)(H,25,27)/b24-12-. The van der Waals surface area contributed by atoms with Gasteiger partial charge in [-0.15, -0.1) is 0 Å². The Morgan fingerprint density at radius 1 is 1.11 bits per heavy atom. The molecule has 0 saturated carbocycles. The predicted molar refractivity (Wildman–Crippen MR) is 126 cm³/mol. The first-order chi connectivity index (χ1) is 13.2. The zero-order valence-corrected chi connectivity index (χ0v) is 20.5. The number of anilines is 1. The van der Waals surface area contributed by atoms with Crippen LogP contribution in [0.5, 0.6) is 5.75 Å². The third-order valence-electron chi connectivity index (χ3n) is 3.49. The summed E-state index contributed by atoms with van der Waals surface area (Å²) in [6.07, 6.45) is 0.0740. The average Bonchev–Trinajstić information content (AvgIpc) is 2.63. The Hall–Kier alpha value is -1.46. The lowest BCUT2D eigenvalue weighted by Crippen LogP contribution is -2.26. The number of amides is 2. The molecule has 2 N–H and O–H groups in total. The van der Waals surface area contributed by atoms with Gasteiger partial charge >= 0.3 is 0 Å². The summed E-state index contributed by atoms with van der Waals surface area (Å²) in [5, 5.41) is 6.72. The first kappa shape index (κ1) is 22.8. The molecule has 0 fully saturated rings. The smallest absolute Gasteiger partial charge is 0.277 e. The van der Waals surface area contributed by atoms with Crippen LogP contribution >= 0.6 is 54.5 Å². The molecule has 28 heavy (non-hydrogen) atoms. The van der Waals surface area contributed by atoms with Crippen LogP contribution in [0.4, 0.5) is 5.69 Å². The highest BCUT2D eigenvalue weighted by molar-refractivity contribution is 14.1. The van der Waals surface area contributed by atoms with Crippen molar-refractivity contribution in [2.45, 2.75) is 20.3 Å². The van der Waals surface area contributed by atoms with E-state index >= 15 is 0 Å². The largest absolute Gasteiger partial charge is 0.483 e. The van der Waals surface area contributed by atoms with Crippen LogP contribution in [0, 0.1) is 10.5 Å². The zero-order valence-electron chi connectivity index (χ0n) is 15.2. The lowest BCUT2D eigenvalue weighted by Gasteiger charge is -2.10. The lowest BCUT2D eigenvalue weighted by atomic mass is 10.2. The molecule has 148 valence electrons. The number of benzene rings is 2. The summed E-state index contributed by atoms with van der Waals surface area (Å²) in [5.74, 6) is -0.0551. The summed E-state index contributed by atoms with van der Waals surface area (Å²) in [4.78, 5) is 23.9. The van der Waals surface area contributed by atoms with Gasteiger partial charge in [-0.05, 0) is 94.3 Å². The van der Waals surface area contributed by atoms with E-state index in [1.54, 1.807) is 6.92 Å². The summed E-state index contributed by atoms with van der Waals surface area (Å²) in [7, 11) is 0. The average molecular weight is 623 g/mol. The molecule has 9 heteroatoms. The number of ether oxygens (including phenoxy) is 1. The van der Waals surface area contributed by atoms with Crippen molar-refractivity contribution in [1.29, 1.82) is 0 Å². The van der Waals surface area contributed by atoms with Gasteiger partial charge in [0.05, 0.1) is 10.9 Å². The Balaban J connectivity index is 1.80. The van der Waals surface area contributed by atoms with E-state index < -0.39 is 5.91 Å². The minimum absolute atomic E-state index is 0.0740. The number of hydrogen-bond acceptors (Lipinski definition) is 4. The van der Waals surface area contributed by atoms with Crippen molar-refractivity contribution >= 4 is 77.7 Å². The van der Waals surface area contributed by atoms with E-state index in [-0.39, 0.29) is 18.9 Å². The van der Waals surface area contributed by atoms with Crippen LogP contribution in [0.15, 0.2) is 50.4 Å². The summed E-state index contributed by atoms with van der Waals surface area (Å²) >= 11 is 9.02. The van der Waals surface area contributed by atoms with Gasteiger partial charge in [0.1, 0.15) is 5.75 Å². The number of aryl methyl sites for hydroxylation is 1. The van der Waals surface area contributed by atoms with Crippen LogP contribution in [-0.2, 0) is 9.59 Å². The molecule has 0 aliphatic heterocycles. The molecular weight excluding hydrogens is 605 g/mol. The monoisotopic (exact) mass is 621 g/mol. The van der Waals surface area contributed by atoms with Gasteiger partial charge in [-0.25, -0.2) is 5.43 Å². The minimum atomic E-state index is -0.412. The highest BCUT2D eigenvalue weighted by atomic mass is 127. The maximum atomic E-state index is 12.0. The Bertz CT molecular complexity index is 902. The van der Waals surface area contributed by atoms with E-state index in [1.807, 2.05) is 43.3 Å². The SMILES string of the molecule is C/C(CC(=O)Nc1ccc(I)cc1)=N/NC(=O)COc1cc(C)c(Br)cc1Br. The molecule has 0 spiro atoms. The minimum Gasteiger partial charge on any atom is -0.483 e. The number of halogens is 3. The van der Waals surface area contributed by atoms with Crippen molar-refractivity contribution in [2.75, 3.05) is 11.9 Å². The third-order valence-corrected chi connectivity index (χ3v) is 5.68. The van der Waals surface area contributed by atoms with Crippen molar-refractivity contribution in [3.05, 3.63) is 54.5 Å². The molecule has 0 aliphatic rings. The molecule has 6 nitrogen and oxygen atoms in total. The van der Waals surface area contributed by atoms with E-state index in [9.17, 15) is 9.59 Å². The summed E-state index contributed by atoms with van der Waals surface area (Å²) < 4.78 is 8.28. The fourth-order valence-corrected chi connectivity index (χ4v) is 3.55. The van der Waals surface area contributed by atoms with Crippen molar-refractivity contribution in [3.8, 4) is 5.75 Å². The van der Waals surface area contributed by atoms with Crippen molar-refractivity contribution in [2.24, 2.45) is 5.10 Å². The highest BCUT2D eigenvalue weighted by Gasteiger charge is 2.09. The Morgan fingerprint density at radius 2 is 1.79 bits per heavy atom. The van der Waals surface area contributed by atoms with E-state index in [0.717, 1.165) is 18.1 Å². The Kier molecular flexibility index (Phi) is 8.90. The van der Waals surface area contributed by atoms with Gasteiger partial charge in [0, 0.05) is 19.4 Å². The van der Waals surface area contributed by atoms with Gasteiger partial charge in [0.15, 0.2) is 6.61 Å². The van der Waals surface area contributed by atoms with Crippen LogP contribution in [-0.4, -0.2) is 24.1 Å². The highest BCUT2D eigenvalue weighted by Crippen LogP contribution is 2.31. The fourth-order valence-electron chi connectivity index (χ4n) is 2.09. The zero-order chi connectivity index (χ0) is 20.7. The number of carbonyl (C=O) groups is 2. The maximum absolute atomic E-state index is 12.0. The van der Waals surface area contributed by atoms with Crippen LogP contribution in [0.25, 0.3) is 0 Å². The summed E-state index contributed by atoms with van der Waals surface area (Å²) in [5.41, 5.74) is 4.58. The molecule has 2 aromatic rings. The van der Waals surface area contributed by atoms with Gasteiger partial charge in [0.2, 0.25) is 5.91 Å². The number of rotatable bonds is 7. The number of carbonyl (C=O) groups excluding carboxylic acids is 2. The van der Waals surface area contributed by atoms with E-state index in [4.69, 9.17) is 4.74 Å². The van der Waals surface area contributed by atoms with Crippen molar-refractivity contribution in [3.63, 3.8) is 0 Å². The second kappa shape index (κ2) is 10.9. The molecule has 0 aromatic heterocycles. The second-order valence-electron chi connectivity index (χ2n) is 5.93. The molecular formula is C19H18Br2IN3O3. The van der Waals surface area contributed by atoms with Crippen LogP contribution in [0.3, 0.4) is 0 Å². The van der Waals surface area contributed by atoms with Gasteiger partial charge in [0.25, 0.3) is 5.91 Å². The molecule has 0 saturated heterocycles. The third kappa shape index (κ3) is 7.51. The maximum Gasteiger partial charge on any atom is 0.277 e. The number of nitrogens with one attached hydrogen (secondary N) is 2. The van der Waals surface area contributed by atoms with Crippen LogP contribution < -0.4 is 15.5 Å². The molecule has 0 aliphatic carbocycles. The molecule has 0 heterocycles. The molecule has 0 bridgehead atoms. The van der Waals surface area contributed by atoms with Crippen LogP contribution in [0.1, 0.15) is 18.9 Å². The van der Waals surface area contributed by atoms with E-state index in [0.29, 0.717) is 17.1 Å². The van der Waals surface area contributed by atoms with Crippen molar-refractivity contribution in [1.82, 2.24) is 5.43 Å². The van der Waals surface area contributed by atoms with Gasteiger partial charge < -0.3 is 10.1 Å². The molecule has 2 aromatic carbocycles. The molecule has 2 amide bonds. The quantitative estimate of drug-likeness (QED) is 0.259. The predicted octanol–water partition coefficient (Wildman–Crippen LogP) is 5.02. The number of nitrogens with zero attached hydrogens (tertiary/aromatic N) is 1. The van der Waals surface area contributed by atoms with Crippen LogP contribution in [0.2, 0.25) is 0 Å². The molecule has 0 radical (unpaired) electrons. The lowest BCUT2D eigenvalue weighted by molar-refractivity contribution is -0.123. The molecule has 2 rings (SSSR count). The van der Waals surface area contributed by atoms with Gasteiger partial charge in [-0.2, -0.15) is 5.10 Å². The first-order valence-electron chi connectivity index (χ1n) is 8.20. The fraction of sp³-hybridized carbons (Fsp3) is 0.211. The number of hydrazone groups is 1. The topological polar surface area (TPSA) is 79.8 Å². The molecule has 0 atom stereocenters. The van der Waals surface area contributed by atoms with E-state index in [2.05, 4.69) is 70.3 Å². The van der Waals surface area contributed by atoms with Crippen molar-refractivity contribution < 1.29 is 14.3 Å². The summed E-state index contributed by atoms with van der Waals surface area (Å²) in [6, 6.07) is 11.1. The Morgan fingerprint density at radius 3 is 2.46 bits per heavy atom. The van der Waals surface area contributed by atoms with E-state index in [1.165, 1.54) is 0 Å². The number of hydrogen-bond donors (Lipinski definition) is 2. The van der Waals surface area contributed by atoms with Gasteiger partial charge in [-0.3, -0.25) is 9.59 Å². The molecule has 0 unspecified atom stereocenters. The normalized spacial score (nSPS) is 11.1. The van der Waals surface area contributed by atoms with Gasteiger partial charge in [-0.1, -0.05) is 15.9 Å². The Labute approximate surface area is 193 Å². The summed E-state index contributed by atoms with van der Waals surface area (Å²) in [6.45, 7) is 3.41.